The summed E-state index contributed by atoms with van der Waals surface area (Å²) in [5.41, 5.74) is 3.10. The van der Waals surface area contributed by atoms with Crippen LogP contribution < -0.4 is 5.32 Å². The lowest BCUT2D eigenvalue weighted by Gasteiger charge is -2.22. The summed E-state index contributed by atoms with van der Waals surface area (Å²) in [5, 5.41) is 2.94. The molecule has 1 aromatic heterocycles. The second-order valence-corrected chi connectivity index (χ2v) is 8.08. The molecule has 2 unspecified atom stereocenters. The first-order valence-electron chi connectivity index (χ1n) is 10.5. The lowest BCUT2D eigenvalue weighted by Crippen LogP contribution is -2.36. The highest BCUT2D eigenvalue weighted by Crippen LogP contribution is 2.32. The van der Waals surface area contributed by atoms with Gasteiger partial charge in [-0.25, -0.2) is 4.98 Å². The Hall–Kier alpha value is -3.67. The normalized spacial score (nSPS) is 19.0. The van der Waals surface area contributed by atoms with Crippen LogP contribution in [0.5, 0.6) is 0 Å². The zero-order valence-corrected chi connectivity index (χ0v) is 17.0. The minimum Gasteiger partial charge on any atom is -0.444 e. The Kier molecular flexibility index (Phi) is 5.12. The first kappa shape index (κ1) is 19.3. The van der Waals surface area contributed by atoms with Gasteiger partial charge in [-0.1, -0.05) is 54.6 Å². The molecule has 6 nitrogen and oxygen atoms in total. The average Bonchev–Trinajstić information content (AvgIpc) is 3.56. The molecule has 1 N–H and O–H groups in total. The molecule has 156 valence electrons. The average molecular weight is 413 g/mol. The quantitative estimate of drug-likeness (QED) is 0.627. The molecular weight excluding hydrogens is 390 g/mol. The van der Waals surface area contributed by atoms with Crippen molar-refractivity contribution in [2.45, 2.75) is 25.4 Å². The van der Waals surface area contributed by atoms with Crippen molar-refractivity contribution in [3.8, 4) is 11.5 Å². The molecule has 0 radical (unpaired) electrons. The molecule has 2 amide bonds. The van der Waals surface area contributed by atoms with Crippen LogP contribution in [0, 0.1) is 5.92 Å². The second kappa shape index (κ2) is 8.22. The van der Waals surface area contributed by atoms with E-state index < -0.39 is 0 Å². The first-order chi connectivity index (χ1) is 15.2. The van der Waals surface area contributed by atoms with Crippen molar-refractivity contribution in [2.24, 2.45) is 5.92 Å². The number of hydrogen-bond acceptors (Lipinski definition) is 4. The number of hydrogen-bond donors (Lipinski definition) is 1. The third kappa shape index (κ3) is 4.14. The number of nitrogens with zero attached hydrogens (tertiary/aromatic N) is 2. The van der Waals surface area contributed by atoms with E-state index in [-0.39, 0.29) is 17.9 Å². The van der Waals surface area contributed by atoms with Crippen molar-refractivity contribution < 1.29 is 14.0 Å². The van der Waals surface area contributed by atoms with Crippen molar-refractivity contribution in [2.75, 3.05) is 6.54 Å². The van der Waals surface area contributed by atoms with E-state index in [1.165, 1.54) is 6.26 Å². The van der Waals surface area contributed by atoms with Gasteiger partial charge < -0.3 is 14.6 Å². The third-order valence-corrected chi connectivity index (χ3v) is 5.86. The highest BCUT2D eigenvalue weighted by atomic mass is 16.3. The SMILES string of the molecule is O=C(Cc1ccccc1)NCc1ccc(-c2nc(C(=O)N3CC4C=CC3C4)co2)cc1. The maximum atomic E-state index is 12.7. The molecule has 2 bridgehead atoms. The van der Waals surface area contributed by atoms with E-state index >= 15 is 0 Å². The van der Waals surface area contributed by atoms with Crippen molar-refractivity contribution in [1.29, 1.82) is 0 Å². The minimum absolute atomic E-state index is 0.0170. The second-order valence-electron chi connectivity index (χ2n) is 8.08. The van der Waals surface area contributed by atoms with E-state index in [0.717, 1.165) is 29.7 Å². The summed E-state index contributed by atoms with van der Waals surface area (Å²) >= 11 is 0. The van der Waals surface area contributed by atoms with Gasteiger partial charge in [0.25, 0.3) is 5.91 Å². The highest BCUT2D eigenvalue weighted by Gasteiger charge is 2.37. The van der Waals surface area contributed by atoms with E-state index in [0.29, 0.717) is 30.5 Å². The Morgan fingerprint density at radius 1 is 1.03 bits per heavy atom. The van der Waals surface area contributed by atoms with Crippen LogP contribution in [0.3, 0.4) is 0 Å². The Bertz CT molecular complexity index is 1120. The van der Waals surface area contributed by atoms with Gasteiger partial charge in [-0.3, -0.25) is 9.59 Å². The standard InChI is InChI=1S/C25H23N3O3/c29-23(13-17-4-2-1-3-5-17)26-14-18-6-9-20(10-7-18)24-27-22(16-31-24)25(30)28-15-19-8-11-21(28)12-19/h1-11,16,19,21H,12-15H2,(H,26,29). The number of carbonyl (C=O) groups is 2. The molecule has 1 aliphatic heterocycles. The molecule has 1 fully saturated rings. The van der Waals surface area contributed by atoms with E-state index in [2.05, 4.69) is 22.5 Å². The van der Waals surface area contributed by atoms with E-state index in [1.54, 1.807) is 0 Å². The number of benzene rings is 2. The lowest BCUT2D eigenvalue weighted by molar-refractivity contribution is -0.120. The Morgan fingerprint density at radius 2 is 1.84 bits per heavy atom. The van der Waals surface area contributed by atoms with Gasteiger partial charge in [-0.2, -0.15) is 0 Å². The van der Waals surface area contributed by atoms with E-state index in [1.807, 2.05) is 59.5 Å². The van der Waals surface area contributed by atoms with Gasteiger partial charge in [-0.15, -0.1) is 0 Å². The largest absolute Gasteiger partial charge is 0.444 e. The summed E-state index contributed by atoms with van der Waals surface area (Å²) in [5.74, 6) is 0.796. The third-order valence-electron chi connectivity index (χ3n) is 5.86. The summed E-state index contributed by atoms with van der Waals surface area (Å²) in [6, 6.07) is 17.5. The zero-order chi connectivity index (χ0) is 21.2. The molecule has 5 rings (SSSR count). The Morgan fingerprint density at radius 3 is 2.55 bits per heavy atom. The van der Waals surface area contributed by atoms with Crippen LogP contribution >= 0.6 is 0 Å². The smallest absolute Gasteiger partial charge is 0.276 e. The Labute approximate surface area is 180 Å². The molecule has 1 aliphatic carbocycles. The predicted octanol–water partition coefficient (Wildman–Crippen LogP) is 3.60. The number of nitrogens with one attached hydrogen (secondary N) is 1. The van der Waals surface area contributed by atoms with Crippen molar-refractivity contribution >= 4 is 11.8 Å². The molecule has 1 saturated heterocycles. The van der Waals surface area contributed by atoms with Crippen LogP contribution in [0.15, 0.2) is 77.4 Å². The van der Waals surface area contributed by atoms with Gasteiger partial charge in [0.05, 0.1) is 12.5 Å². The number of amides is 2. The number of aromatic nitrogens is 1. The number of fused-ring (bicyclic) bond motifs is 2. The van der Waals surface area contributed by atoms with Crippen LogP contribution in [0.2, 0.25) is 0 Å². The van der Waals surface area contributed by atoms with E-state index in [9.17, 15) is 9.59 Å². The molecule has 3 aromatic rings. The van der Waals surface area contributed by atoms with Crippen LogP contribution in [-0.2, 0) is 17.8 Å². The number of oxazole rings is 1. The fraction of sp³-hybridized carbons (Fsp3) is 0.240. The predicted molar refractivity (Wildman–Crippen MR) is 116 cm³/mol. The number of rotatable bonds is 6. The van der Waals surface area contributed by atoms with Crippen molar-refractivity contribution in [3.63, 3.8) is 0 Å². The fourth-order valence-corrected chi connectivity index (χ4v) is 4.20. The minimum atomic E-state index is -0.0791. The molecule has 2 atom stereocenters. The van der Waals surface area contributed by atoms with Gasteiger partial charge in [0.15, 0.2) is 5.69 Å². The van der Waals surface area contributed by atoms with Gasteiger partial charge in [0.1, 0.15) is 6.26 Å². The van der Waals surface area contributed by atoms with Gasteiger partial charge in [0.2, 0.25) is 11.8 Å². The van der Waals surface area contributed by atoms with Gasteiger partial charge >= 0.3 is 0 Å². The molecule has 2 heterocycles. The summed E-state index contributed by atoms with van der Waals surface area (Å²) in [4.78, 5) is 31.1. The first-order valence-corrected chi connectivity index (χ1v) is 10.5. The van der Waals surface area contributed by atoms with Crippen LogP contribution in [0.25, 0.3) is 11.5 Å². The van der Waals surface area contributed by atoms with Crippen molar-refractivity contribution in [3.05, 3.63) is 89.8 Å². The molecule has 0 spiro atoms. The zero-order valence-electron chi connectivity index (χ0n) is 17.0. The van der Waals surface area contributed by atoms with Crippen LogP contribution in [0.4, 0.5) is 0 Å². The molecule has 31 heavy (non-hydrogen) atoms. The topological polar surface area (TPSA) is 75.4 Å². The van der Waals surface area contributed by atoms with Gasteiger partial charge in [-0.05, 0) is 35.6 Å². The number of likely N-dealkylation sites (tertiary alicyclic amines) is 1. The fourth-order valence-electron chi connectivity index (χ4n) is 4.20. The van der Waals surface area contributed by atoms with Crippen molar-refractivity contribution in [1.82, 2.24) is 15.2 Å². The lowest BCUT2D eigenvalue weighted by atomic mass is 10.1. The Balaban J connectivity index is 1.18. The molecule has 0 saturated carbocycles. The molecular formula is C25H23N3O3. The summed E-state index contributed by atoms with van der Waals surface area (Å²) < 4.78 is 5.57. The highest BCUT2D eigenvalue weighted by molar-refractivity contribution is 5.93. The van der Waals surface area contributed by atoms with Gasteiger partial charge in [0, 0.05) is 18.7 Å². The maximum absolute atomic E-state index is 12.7. The molecule has 2 aliphatic rings. The monoisotopic (exact) mass is 413 g/mol. The van der Waals surface area contributed by atoms with E-state index in [4.69, 9.17) is 4.42 Å². The molecule has 6 heteroatoms. The van der Waals surface area contributed by atoms with Crippen LogP contribution in [0.1, 0.15) is 28.0 Å². The summed E-state index contributed by atoms with van der Waals surface area (Å²) in [7, 11) is 0. The summed E-state index contributed by atoms with van der Waals surface area (Å²) in [6.07, 6.45) is 7.10. The van der Waals surface area contributed by atoms with Crippen LogP contribution in [-0.4, -0.2) is 34.3 Å². The number of carbonyl (C=O) groups excluding carboxylic acids is 2. The maximum Gasteiger partial charge on any atom is 0.276 e. The molecule has 2 aromatic carbocycles. The summed E-state index contributed by atoms with van der Waals surface area (Å²) in [6.45, 7) is 1.21.